The monoisotopic (exact) mass is 243 g/mol. The number of likely N-dealkylation sites (N-methyl/N-ethyl adjacent to an activating group) is 1. The molecule has 0 aromatic carbocycles. The summed E-state index contributed by atoms with van der Waals surface area (Å²) in [6, 6.07) is 0. The fourth-order valence-corrected chi connectivity index (χ4v) is 1.95. The highest BCUT2D eigenvalue weighted by Gasteiger charge is 2.25. The number of hydrogen-bond acceptors (Lipinski definition) is 4. The van der Waals surface area contributed by atoms with Crippen LogP contribution in [0.5, 0.6) is 0 Å². The molecule has 2 unspecified atom stereocenters. The molecule has 98 valence electrons. The largest absolute Gasteiger partial charge is 0.461 e. The molecule has 0 aromatic heterocycles. The van der Waals surface area contributed by atoms with E-state index in [9.17, 15) is 9.59 Å². The van der Waals surface area contributed by atoms with Gasteiger partial charge in [0.25, 0.3) is 0 Å². The van der Waals surface area contributed by atoms with E-state index in [1.165, 1.54) is 11.8 Å². The molecule has 0 bridgehead atoms. The molecule has 1 amide bonds. The van der Waals surface area contributed by atoms with Crippen LogP contribution in [0.4, 0.5) is 0 Å². The number of carbonyl (C=O) groups excluding carboxylic acids is 2. The van der Waals surface area contributed by atoms with Crippen molar-refractivity contribution in [3.8, 4) is 0 Å². The normalized spacial score (nSPS) is 24.2. The van der Waals surface area contributed by atoms with E-state index in [1.807, 2.05) is 0 Å². The minimum absolute atomic E-state index is 0.0173. The average Bonchev–Trinajstić information content (AvgIpc) is 2.28. The van der Waals surface area contributed by atoms with Crippen molar-refractivity contribution in [3.05, 3.63) is 0 Å². The van der Waals surface area contributed by atoms with Crippen molar-refractivity contribution in [2.45, 2.75) is 44.8 Å². The van der Waals surface area contributed by atoms with Crippen LogP contribution in [0.3, 0.4) is 0 Å². The molecule has 0 radical (unpaired) electrons. The van der Waals surface area contributed by atoms with E-state index in [0.717, 1.165) is 25.7 Å². The number of rotatable bonds is 4. The number of nitrogens with zero attached hydrogens (tertiary/aromatic N) is 1. The molecule has 0 aromatic rings. The lowest BCUT2D eigenvalue weighted by molar-refractivity contribution is -0.155. The van der Waals surface area contributed by atoms with Gasteiger partial charge >= 0.3 is 5.97 Å². The second-order valence-corrected chi connectivity index (χ2v) is 4.51. The lowest BCUT2D eigenvalue weighted by Gasteiger charge is -2.28. The van der Waals surface area contributed by atoms with E-state index in [1.54, 1.807) is 14.2 Å². The molecule has 5 heteroatoms. The molecule has 1 fully saturated rings. The lowest BCUT2D eigenvalue weighted by Crippen LogP contribution is -2.35. The first-order chi connectivity index (χ1) is 8.02. The Bertz CT molecular complexity index is 280. The predicted molar refractivity (Wildman–Crippen MR) is 62.5 cm³/mol. The Kier molecular flexibility index (Phi) is 5.41. The Morgan fingerprint density at radius 1 is 1.29 bits per heavy atom. The molecule has 17 heavy (non-hydrogen) atoms. The van der Waals surface area contributed by atoms with E-state index in [4.69, 9.17) is 9.47 Å². The molecule has 1 aliphatic carbocycles. The number of methoxy groups -OCH3 is 1. The number of hydrogen-bond donors (Lipinski definition) is 0. The molecule has 0 aliphatic heterocycles. The Labute approximate surface area is 102 Å². The van der Waals surface area contributed by atoms with Crippen LogP contribution in [0.1, 0.15) is 32.6 Å². The fourth-order valence-electron chi connectivity index (χ4n) is 1.95. The summed E-state index contributed by atoms with van der Waals surface area (Å²) >= 11 is 0. The zero-order valence-electron chi connectivity index (χ0n) is 10.8. The van der Waals surface area contributed by atoms with Crippen LogP contribution in [-0.4, -0.2) is 49.7 Å². The van der Waals surface area contributed by atoms with Crippen LogP contribution in [0.2, 0.25) is 0 Å². The molecular formula is C12H21NO4. The van der Waals surface area contributed by atoms with Gasteiger partial charge in [-0.1, -0.05) is 0 Å². The molecule has 2 atom stereocenters. The molecular weight excluding hydrogens is 222 g/mol. The molecule has 0 saturated heterocycles. The minimum Gasteiger partial charge on any atom is -0.461 e. The zero-order chi connectivity index (χ0) is 12.8. The molecule has 0 heterocycles. The topological polar surface area (TPSA) is 55.8 Å². The van der Waals surface area contributed by atoms with E-state index in [0.29, 0.717) is 0 Å². The molecule has 5 nitrogen and oxygen atoms in total. The van der Waals surface area contributed by atoms with E-state index < -0.39 is 0 Å². The quantitative estimate of drug-likeness (QED) is 0.690. The molecule has 1 rings (SSSR count). The van der Waals surface area contributed by atoms with Gasteiger partial charge in [-0.2, -0.15) is 0 Å². The van der Waals surface area contributed by atoms with Crippen LogP contribution >= 0.6 is 0 Å². The summed E-state index contributed by atoms with van der Waals surface area (Å²) in [5.41, 5.74) is 0. The van der Waals surface area contributed by atoms with Crippen LogP contribution in [-0.2, 0) is 19.1 Å². The van der Waals surface area contributed by atoms with E-state index >= 15 is 0 Å². The smallest absolute Gasteiger partial charge is 0.325 e. The Morgan fingerprint density at radius 3 is 2.53 bits per heavy atom. The SMILES string of the molecule is COC1CCCC(OC(=O)CN(C)C(C)=O)C1. The minimum atomic E-state index is -0.343. The Balaban J connectivity index is 2.33. The van der Waals surface area contributed by atoms with Gasteiger partial charge in [-0.3, -0.25) is 9.59 Å². The standard InChI is InChI=1S/C12H21NO4/c1-9(14)13(2)8-12(15)17-11-6-4-5-10(7-11)16-3/h10-11H,4-8H2,1-3H3. The first-order valence-electron chi connectivity index (χ1n) is 5.97. The molecule has 1 aliphatic rings. The van der Waals surface area contributed by atoms with Crippen molar-refractivity contribution in [3.63, 3.8) is 0 Å². The summed E-state index contributed by atoms with van der Waals surface area (Å²) in [6.07, 6.45) is 3.80. The third-order valence-corrected chi connectivity index (χ3v) is 3.11. The highest BCUT2D eigenvalue weighted by molar-refractivity contribution is 5.80. The number of amides is 1. The summed E-state index contributed by atoms with van der Waals surface area (Å²) in [4.78, 5) is 23.9. The first kappa shape index (κ1) is 14.0. The molecule has 0 N–H and O–H groups in total. The summed E-state index contributed by atoms with van der Waals surface area (Å²) in [5.74, 6) is -0.482. The van der Waals surface area contributed by atoms with Gasteiger partial charge in [0, 0.05) is 27.5 Å². The van der Waals surface area contributed by atoms with Crippen LogP contribution in [0, 0.1) is 0 Å². The fraction of sp³-hybridized carbons (Fsp3) is 0.833. The van der Waals surface area contributed by atoms with Gasteiger partial charge in [-0.05, 0) is 19.3 Å². The summed E-state index contributed by atoms with van der Waals surface area (Å²) in [6.45, 7) is 1.44. The second-order valence-electron chi connectivity index (χ2n) is 4.51. The Morgan fingerprint density at radius 2 is 1.94 bits per heavy atom. The lowest BCUT2D eigenvalue weighted by atomic mass is 9.95. The van der Waals surface area contributed by atoms with Crippen molar-refractivity contribution in [1.82, 2.24) is 4.90 Å². The summed E-state index contributed by atoms with van der Waals surface area (Å²) in [7, 11) is 3.26. The molecule has 1 saturated carbocycles. The van der Waals surface area contributed by atoms with Crippen molar-refractivity contribution in [1.29, 1.82) is 0 Å². The van der Waals surface area contributed by atoms with Gasteiger partial charge in [-0.15, -0.1) is 0 Å². The number of ether oxygens (including phenoxy) is 2. The van der Waals surface area contributed by atoms with Crippen molar-refractivity contribution < 1.29 is 19.1 Å². The van der Waals surface area contributed by atoms with E-state index in [-0.39, 0.29) is 30.6 Å². The average molecular weight is 243 g/mol. The number of carbonyl (C=O) groups is 2. The number of esters is 1. The maximum atomic E-state index is 11.6. The molecule has 0 spiro atoms. The van der Waals surface area contributed by atoms with E-state index in [2.05, 4.69) is 0 Å². The van der Waals surface area contributed by atoms with Gasteiger partial charge in [-0.25, -0.2) is 0 Å². The van der Waals surface area contributed by atoms with Crippen LogP contribution < -0.4 is 0 Å². The zero-order valence-corrected chi connectivity index (χ0v) is 10.8. The third kappa shape index (κ3) is 4.73. The predicted octanol–water partition coefficient (Wildman–Crippen LogP) is 0.965. The van der Waals surface area contributed by atoms with Crippen LogP contribution in [0.25, 0.3) is 0 Å². The maximum absolute atomic E-state index is 11.6. The van der Waals surface area contributed by atoms with Crippen molar-refractivity contribution >= 4 is 11.9 Å². The summed E-state index contributed by atoms with van der Waals surface area (Å²) < 4.78 is 10.6. The van der Waals surface area contributed by atoms with Crippen LogP contribution in [0.15, 0.2) is 0 Å². The van der Waals surface area contributed by atoms with Gasteiger partial charge < -0.3 is 14.4 Å². The first-order valence-corrected chi connectivity index (χ1v) is 5.97. The van der Waals surface area contributed by atoms with Crippen molar-refractivity contribution in [2.75, 3.05) is 20.7 Å². The third-order valence-electron chi connectivity index (χ3n) is 3.11. The second kappa shape index (κ2) is 6.59. The van der Waals surface area contributed by atoms with Gasteiger partial charge in [0.15, 0.2) is 0 Å². The summed E-state index contributed by atoms with van der Waals surface area (Å²) in [5, 5.41) is 0. The highest BCUT2D eigenvalue weighted by atomic mass is 16.5. The van der Waals surface area contributed by atoms with Crippen molar-refractivity contribution in [2.24, 2.45) is 0 Å². The van der Waals surface area contributed by atoms with Gasteiger partial charge in [0.05, 0.1) is 6.10 Å². The Hall–Kier alpha value is -1.10. The van der Waals surface area contributed by atoms with Gasteiger partial charge in [0.2, 0.25) is 5.91 Å². The maximum Gasteiger partial charge on any atom is 0.325 e. The highest BCUT2D eigenvalue weighted by Crippen LogP contribution is 2.23. The van der Waals surface area contributed by atoms with Gasteiger partial charge in [0.1, 0.15) is 12.6 Å².